The molecule has 1 amide bonds. The van der Waals surface area contributed by atoms with Gasteiger partial charge in [-0.25, -0.2) is 0 Å². The molecule has 0 unspecified atom stereocenters. The van der Waals surface area contributed by atoms with Crippen LogP contribution in [-0.2, 0) is 6.54 Å². The van der Waals surface area contributed by atoms with Crippen molar-refractivity contribution in [3.05, 3.63) is 24.0 Å². The molecule has 1 fully saturated rings. The van der Waals surface area contributed by atoms with Crippen LogP contribution in [0, 0.1) is 0 Å². The van der Waals surface area contributed by atoms with Gasteiger partial charge in [-0.2, -0.15) is 0 Å². The second-order valence-electron chi connectivity index (χ2n) is 4.93. The lowest BCUT2D eigenvalue weighted by atomic mass is 10.3. The monoisotopic (exact) mass is 264 g/mol. The van der Waals surface area contributed by atoms with Crippen molar-refractivity contribution in [1.29, 1.82) is 0 Å². The van der Waals surface area contributed by atoms with Gasteiger partial charge in [0, 0.05) is 52.0 Å². The maximum Gasteiger partial charge on any atom is 0.267 e. The molecule has 5 nitrogen and oxygen atoms in total. The number of nitrogens with one attached hydrogen (secondary N) is 2. The summed E-state index contributed by atoms with van der Waals surface area (Å²) in [6, 6.07) is 3.82. The topological polar surface area (TPSA) is 49.3 Å². The quantitative estimate of drug-likeness (QED) is 0.788. The number of aryl methyl sites for hydroxylation is 1. The van der Waals surface area contributed by atoms with Gasteiger partial charge >= 0.3 is 0 Å². The van der Waals surface area contributed by atoms with E-state index in [-0.39, 0.29) is 5.91 Å². The minimum absolute atomic E-state index is 0.0357. The predicted molar refractivity (Wildman–Crippen MR) is 76.4 cm³/mol. The summed E-state index contributed by atoms with van der Waals surface area (Å²) >= 11 is 0. The third-order valence-electron chi connectivity index (χ3n) is 3.45. The Morgan fingerprint density at radius 2 is 2.16 bits per heavy atom. The number of rotatable bonds is 6. The summed E-state index contributed by atoms with van der Waals surface area (Å²) in [7, 11) is 0. The molecule has 1 saturated heterocycles. The third kappa shape index (κ3) is 4.08. The highest BCUT2D eigenvalue weighted by atomic mass is 16.1. The van der Waals surface area contributed by atoms with Crippen LogP contribution in [0.3, 0.4) is 0 Å². The Morgan fingerprint density at radius 3 is 2.89 bits per heavy atom. The van der Waals surface area contributed by atoms with Crippen molar-refractivity contribution in [3.63, 3.8) is 0 Å². The van der Waals surface area contributed by atoms with Gasteiger partial charge in [-0.15, -0.1) is 0 Å². The van der Waals surface area contributed by atoms with E-state index in [9.17, 15) is 4.79 Å². The summed E-state index contributed by atoms with van der Waals surface area (Å²) in [6.45, 7) is 8.91. The second kappa shape index (κ2) is 7.31. The van der Waals surface area contributed by atoms with Gasteiger partial charge in [-0.1, -0.05) is 6.92 Å². The van der Waals surface area contributed by atoms with E-state index in [4.69, 9.17) is 0 Å². The fraction of sp³-hybridized carbons (Fsp3) is 0.643. The van der Waals surface area contributed by atoms with Gasteiger partial charge in [0.05, 0.1) is 0 Å². The first-order valence-electron chi connectivity index (χ1n) is 7.17. The van der Waals surface area contributed by atoms with E-state index in [1.807, 2.05) is 22.9 Å². The molecule has 5 heteroatoms. The SMILES string of the molecule is CCCn1cccc1C(=O)NCCN1CCNCC1. The molecule has 2 N–H and O–H groups in total. The van der Waals surface area contributed by atoms with Crippen molar-refractivity contribution < 1.29 is 4.79 Å². The van der Waals surface area contributed by atoms with Crippen LogP contribution in [-0.4, -0.2) is 54.6 Å². The van der Waals surface area contributed by atoms with Crippen LogP contribution in [0.2, 0.25) is 0 Å². The molecule has 0 spiro atoms. The van der Waals surface area contributed by atoms with Crippen LogP contribution >= 0.6 is 0 Å². The molecule has 0 radical (unpaired) electrons. The molecule has 0 bridgehead atoms. The average molecular weight is 264 g/mol. The maximum absolute atomic E-state index is 12.1. The third-order valence-corrected chi connectivity index (χ3v) is 3.45. The van der Waals surface area contributed by atoms with Gasteiger partial charge in [0.25, 0.3) is 5.91 Å². The van der Waals surface area contributed by atoms with Gasteiger partial charge < -0.3 is 15.2 Å². The lowest BCUT2D eigenvalue weighted by molar-refractivity contribution is 0.0938. The number of aromatic nitrogens is 1. The van der Waals surface area contributed by atoms with Crippen LogP contribution in [0.25, 0.3) is 0 Å². The molecular weight excluding hydrogens is 240 g/mol. The molecule has 1 aliphatic heterocycles. The Bertz CT molecular complexity index is 396. The molecule has 0 aliphatic carbocycles. The van der Waals surface area contributed by atoms with Gasteiger partial charge in [-0.05, 0) is 18.6 Å². The van der Waals surface area contributed by atoms with Crippen LogP contribution < -0.4 is 10.6 Å². The van der Waals surface area contributed by atoms with E-state index >= 15 is 0 Å². The van der Waals surface area contributed by atoms with E-state index in [1.165, 1.54) is 0 Å². The number of hydrogen-bond donors (Lipinski definition) is 2. The van der Waals surface area contributed by atoms with E-state index in [0.717, 1.165) is 57.9 Å². The van der Waals surface area contributed by atoms with E-state index in [2.05, 4.69) is 22.5 Å². The van der Waals surface area contributed by atoms with Crippen molar-refractivity contribution in [1.82, 2.24) is 20.1 Å². The van der Waals surface area contributed by atoms with E-state index in [1.54, 1.807) is 0 Å². The Balaban J connectivity index is 1.75. The number of piperazine rings is 1. The maximum atomic E-state index is 12.1. The molecule has 1 aromatic rings. The minimum atomic E-state index is 0.0357. The summed E-state index contributed by atoms with van der Waals surface area (Å²) in [5, 5.41) is 6.33. The van der Waals surface area contributed by atoms with Crippen molar-refractivity contribution in [2.75, 3.05) is 39.3 Å². The van der Waals surface area contributed by atoms with Crippen molar-refractivity contribution >= 4 is 5.91 Å². The molecule has 2 rings (SSSR count). The standard InChI is InChI=1S/C14H24N4O/c1-2-8-18-9-3-4-13(18)14(19)16-7-12-17-10-5-15-6-11-17/h3-4,9,15H,2,5-8,10-12H2,1H3,(H,16,19). The minimum Gasteiger partial charge on any atom is -0.349 e. The Labute approximate surface area is 115 Å². The number of hydrogen-bond acceptors (Lipinski definition) is 3. The largest absolute Gasteiger partial charge is 0.349 e. The highest BCUT2D eigenvalue weighted by Gasteiger charge is 2.12. The molecule has 0 atom stereocenters. The molecule has 106 valence electrons. The lowest BCUT2D eigenvalue weighted by Crippen LogP contribution is -2.46. The summed E-state index contributed by atoms with van der Waals surface area (Å²) in [6.07, 6.45) is 3.00. The molecule has 1 aromatic heterocycles. The molecule has 19 heavy (non-hydrogen) atoms. The van der Waals surface area contributed by atoms with Crippen LogP contribution in [0.15, 0.2) is 18.3 Å². The molecular formula is C14H24N4O. The van der Waals surface area contributed by atoms with E-state index < -0.39 is 0 Å². The van der Waals surface area contributed by atoms with Gasteiger partial charge in [0.15, 0.2) is 0 Å². The van der Waals surface area contributed by atoms with E-state index in [0.29, 0.717) is 0 Å². The van der Waals surface area contributed by atoms with Gasteiger partial charge in [-0.3, -0.25) is 9.69 Å². The summed E-state index contributed by atoms with van der Waals surface area (Å²) < 4.78 is 2.01. The fourth-order valence-corrected chi connectivity index (χ4v) is 2.41. The first-order valence-corrected chi connectivity index (χ1v) is 7.17. The summed E-state index contributed by atoms with van der Waals surface area (Å²) in [4.78, 5) is 14.5. The zero-order chi connectivity index (χ0) is 13.5. The molecule has 0 aromatic carbocycles. The molecule has 0 saturated carbocycles. The first-order chi connectivity index (χ1) is 9.31. The number of amides is 1. The van der Waals surface area contributed by atoms with Crippen LogP contribution in [0.1, 0.15) is 23.8 Å². The normalized spacial score (nSPS) is 16.5. The van der Waals surface area contributed by atoms with Crippen molar-refractivity contribution in [2.24, 2.45) is 0 Å². The Hall–Kier alpha value is -1.33. The van der Waals surface area contributed by atoms with Crippen LogP contribution in [0.4, 0.5) is 0 Å². The first kappa shape index (κ1) is 14.1. The Morgan fingerprint density at radius 1 is 1.37 bits per heavy atom. The molecule has 2 heterocycles. The number of nitrogens with zero attached hydrogens (tertiary/aromatic N) is 2. The fourth-order valence-electron chi connectivity index (χ4n) is 2.41. The zero-order valence-electron chi connectivity index (χ0n) is 11.7. The van der Waals surface area contributed by atoms with Crippen molar-refractivity contribution in [3.8, 4) is 0 Å². The zero-order valence-corrected chi connectivity index (χ0v) is 11.7. The highest BCUT2D eigenvalue weighted by Crippen LogP contribution is 2.03. The number of carbonyl (C=O) groups excluding carboxylic acids is 1. The summed E-state index contributed by atoms with van der Waals surface area (Å²) in [5.74, 6) is 0.0357. The number of carbonyl (C=O) groups is 1. The van der Waals surface area contributed by atoms with Gasteiger partial charge in [0.2, 0.25) is 0 Å². The van der Waals surface area contributed by atoms with Crippen LogP contribution in [0.5, 0.6) is 0 Å². The second-order valence-corrected chi connectivity index (χ2v) is 4.93. The van der Waals surface area contributed by atoms with Gasteiger partial charge in [0.1, 0.15) is 5.69 Å². The Kier molecular flexibility index (Phi) is 5.42. The van der Waals surface area contributed by atoms with Crippen molar-refractivity contribution in [2.45, 2.75) is 19.9 Å². The lowest BCUT2D eigenvalue weighted by Gasteiger charge is -2.27. The molecule has 1 aliphatic rings. The highest BCUT2D eigenvalue weighted by molar-refractivity contribution is 5.92. The smallest absolute Gasteiger partial charge is 0.267 e. The average Bonchev–Trinajstić information content (AvgIpc) is 2.89. The summed E-state index contributed by atoms with van der Waals surface area (Å²) in [5.41, 5.74) is 0.766. The predicted octanol–water partition coefficient (Wildman–Crippen LogP) is 0.533.